The highest BCUT2D eigenvalue weighted by molar-refractivity contribution is 5.91. The minimum Gasteiger partial charge on any atom is -0.453 e. The van der Waals surface area contributed by atoms with Gasteiger partial charge in [-0.3, -0.25) is 9.78 Å². The van der Waals surface area contributed by atoms with Crippen LogP contribution in [0.5, 0.6) is 11.5 Å². The van der Waals surface area contributed by atoms with Crippen molar-refractivity contribution >= 4 is 12.0 Å². The van der Waals surface area contributed by atoms with E-state index in [0.717, 1.165) is 18.4 Å². The van der Waals surface area contributed by atoms with Crippen molar-refractivity contribution in [2.45, 2.75) is 18.3 Å². The van der Waals surface area contributed by atoms with Crippen molar-refractivity contribution < 1.29 is 23.0 Å². The van der Waals surface area contributed by atoms with Crippen molar-refractivity contribution in [3.8, 4) is 11.5 Å². The van der Waals surface area contributed by atoms with Gasteiger partial charge in [0.25, 0.3) is 0 Å². The third kappa shape index (κ3) is 5.81. The summed E-state index contributed by atoms with van der Waals surface area (Å²) in [5, 5.41) is 2.93. The number of amides is 1. The fourth-order valence-electron chi connectivity index (χ4n) is 3.86. The lowest BCUT2D eigenvalue weighted by Crippen LogP contribution is -2.44. The molecule has 1 aliphatic heterocycles. The summed E-state index contributed by atoms with van der Waals surface area (Å²) >= 11 is 0. The minimum absolute atomic E-state index is 0.0744. The van der Waals surface area contributed by atoms with Crippen molar-refractivity contribution in [1.29, 1.82) is 0 Å². The number of carbonyl (C=O) groups is 1. The molecule has 2 aromatic carbocycles. The predicted molar refractivity (Wildman–Crippen MR) is 121 cm³/mol. The molecule has 1 amide bonds. The third-order valence-corrected chi connectivity index (χ3v) is 5.75. The predicted octanol–water partition coefficient (Wildman–Crippen LogP) is 5.03. The molecule has 1 aliphatic rings. The van der Waals surface area contributed by atoms with Gasteiger partial charge in [-0.2, -0.15) is 0 Å². The maximum atomic E-state index is 14.4. The number of hydrogen-bond acceptors (Lipinski definition) is 4. The van der Waals surface area contributed by atoms with E-state index in [2.05, 4.69) is 10.3 Å². The Hall–Kier alpha value is -3.58. The van der Waals surface area contributed by atoms with Gasteiger partial charge in [0.1, 0.15) is 11.6 Å². The molecule has 7 heteroatoms. The summed E-state index contributed by atoms with van der Waals surface area (Å²) in [7, 11) is 0. The number of rotatable bonds is 7. The molecule has 0 atom stereocenters. The van der Waals surface area contributed by atoms with E-state index in [1.165, 1.54) is 36.5 Å². The fraction of sp³-hybridized carbons (Fsp3) is 0.231. The maximum Gasteiger partial charge on any atom is 0.244 e. The van der Waals surface area contributed by atoms with Crippen LogP contribution in [0.2, 0.25) is 0 Å². The average molecular weight is 450 g/mol. The first kappa shape index (κ1) is 22.6. The van der Waals surface area contributed by atoms with E-state index >= 15 is 0 Å². The van der Waals surface area contributed by atoms with E-state index in [-0.39, 0.29) is 22.9 Å². The van der Waals surface area contributed by atoms with Gasteiger partial charge in [0.15, 0.2) is 11.6 Å². The smallest absolute Gasteiger partial charge is 0.244 e. The van der Waals surface area contributed by atoms with Crippen LogP contribution in [0.25, 0.3) is 6.08 Å². The van der Waals surface area contributed by atoms with Gasteiger partial charge in [0, 0.05) is 37.4 Å². The first-order chi connectivity index (χ1) is 16.0. The molecule has 3 aromatic rings. The van der Waals surface area contributed by atoms with Crippen LogP contribution in [0.15, 0.2) is 73.1 Å². The Labute approximate surface area is 191 Å². The van der Waals surface area contributed by atoms with E-state index < -0.39 is 5.82 Å². The van der Waals surface area contributed by atoms with E-state index in [4.69, 9.17) is 9.47 Å². The van der Waals surface area contributed by atoms with Gasteiger partial charge < -0.3 is 14.8 Å². The molecule has 0 bridgehead atoms. The second-order valence-corrected chi connectivity index (χ2v) is 7.93. The number of aromatic nitrogens is 1. The Kier molecular flexibility index (Phi) is 7.10. The van der Waals surface area contributed by atoms with Gasteiger partial charge in [-0.15, -0.1) is 0 Å². The molecule has 1 saturated heterocycles. The van der Waals surface area contributed by atoms with E-state index in [9.17, 15) is 13.6 Å². The summed E-state index contributed by atoms with van der Waals surface area (Å²) in [5.74, 6) is -0.623. The SMILES string of the molecule is O=C(/C=C/c1ccc(Oc2cccnc2)c(F)c1)NCC1(c2ccc(F)cc2)CCOCC1. The van der Waals surface area contributed by atoms with Crippen molar-refractivity contribution in [1.82, 2.24) is 10.3 Å². The van der Waals surface area contributed by atoms with E-state index in [1.807, 2.05) is 0 Å². The minimum atomic E-state index is -0.543. The normalized spacial score (nSPS) is 15.3. The van der Waals surface area contributed by atoms with Crippen molar-refractivity contribution in [2.24, 2.45) is 0 Å². The highest BCUT2D eigenvalue weighted by Crippen LogP contribution is 2.34. The van der Waals surface area contributed by atoms with Gasteiger partial charge in [0.05, 0.1) is 6.20 Å². The number of hydrogen-bond donors (Lipinski definition) is 1. The maximum absolute atomic E-state index is 14.4. The van der Waals surface area contributed by atoms with Crippen LogP contribution in [-0.4, -0.2) is 30.6 Å². The van der Waals surface area contributed by atoms with Crippen LogP contribution in [0.1, 0.15) is 24.0 Å². The summed E-state index contributed by atoms with van der Waals surface area (Å²) in [5.41, 5.74) is 1.19. The third-order valence-electron chi connectivity index (χ3n) is 5.75. The second-order valence-electron chi connectivity index (χ2n) is 7.93. The Morgan fingerprint density at radius 3 is 2.61 bits per heavy atom. The molecular weight excluding hydrogens is 426 g/mol. The lowest BCUT2D eigenvalue weighted by atomic mass is 9.74. The number of carbonyl (C=O) groups excluding carboxylic acids is 1. The van der Waals surface area contributed by atoms with Crippen LogP contribution in [0.3, 0.4) is 0 Å². The number of halogens is 2. The fourth-order valence-corrected chi connectivity index (χ4v) is 3.86. The molecule has 0 saturated carbocycles. The Morgan fingerprint density at radius 1 is 1.12 bits per heavy atom. The quantitative estimate of drug-likeness (QED) is 0.513. The van der Waals surface area contributed by atoms with Gasteiger partial charge >= 0.3 is 0 Å². The Bertz CT molecular complexity index is 1110. The number of ether oxygens (including phenoxy) is 2. The number of nitrogens with zero attached hydrogens (tertiary/aromatic N) is 1. The van der Waals surface area contributed by atoms with Crippen LogP contribution in [0, 0.1) is 11.6 Å². The van der Waals surface area contributed by atoms with E-state index in [1.54, 1.807) is 42.6 Å². The first-order valence-electron chi connectivity index (χ1n) is 10.7. The summed E-state index contributed by atoms with van der Waals surface area (Å²) in [6, 6.07) is 14.2. The number of nitrogens with one attached hydrogen (secondary N) is 1. The topological polar surface area (TPSA) is 60.5 Å². The zero-order valence-corrected chi connectivity index (χ0v) is 18.0. The summed E-state index contributed by atoms with van der Waals surface area (Å²) in [4.78, 5) is 16.4. The molecule has 0 radical (unpaired) electrons. The molecule has 5 nitrogen and oxygen atoms in total. The molecule has 2 heterocycles. The number of pyridine rings is 1. The molecule has 0 unspecified atom stereocenters. The summed E-state index contributed by atoms with van der Waals surface area (Å²) in [6.45, 7) is 1.56. The molecule has 4 rings (SSSR count). The zero-order chi connectivity index (χ0) is 23.1. The van der Waals surface area contributed by atoms with Gasteiger partial charge in [-0.1, -0.05) is 18.2 Å². The van der Waals surface area contributed by atoms with Crippen molar-refractivity contribution in [3.63, 3.8) is 0 Å². The van der Waals surface area contributed by atoms with E-state index in [0.29, 0.717) is 31.1 Å². The summed E-state index contributed by atoms with van der Waals surface area (Å²) < 4.78 is 38.7. The molecule has 33 heavy (non-hydrogen) atoms. The lowest BCUT2D eigenvalue weighted by Gasteiger charge is -2.37. The second kappa shape index (κ2) is 10.4. The average Bonchev–Trinajstić information content (AvgIpc) is 2.84. The Morgan fingerprint density at radius 2 is 1.91 bits per heavy atom. The Balaban J connectivity index is 1.39. The van der Waals surface area contributed by atoms with Crippen LogP contribution in [-0.2, 0) is 14.9 Å². The van der Waals surface area contributed by atoms with Gasteiger partial charge in [-0.25, -0.2) is 8.78 Å². The zero-order valence-electron chi connectivity index (χ0n) is 18.0. The van der Waals surface area contributed by atoms with Gasteiger partial charge in [-0.05, 0) is 66.4 Å². The molecule has 0 aliphatic carbocycles. The van der Waals surface area contributed by atoms with Crippen molar-refractivity contribution in [3.05, 3.63) is 95.8 Å². The molecule has 1 N–H and O–H groups in total. The highest BCUT2D eigenvalue weighted by Gasteiger charge is 2.34. The monoisotopic (exact) mass is 450 g/mol. The van der Waals surface area contributed by atoms with Crippen LogP contribution >= 0.6 is 0 Å². The standard InChI is InChI=1S/C26H24F2N2O3/c27-21-7-5-20(6-8-21)26(11-14-32-15-12-26)18-30-25(31)10-4-19-3-9-24(23(28)16-19)33-22-2-1-13-29-17-22/h1-10,13,16-17H,11-12,14-15,18H2,(H,30,31)/b10-4+. The highest BCUT2D eigenvalue weighted by atomic mass is 19.1. The lowest BCUT2D eigenvalue weighted by molar-refractivity contribution is -0.116. The first-order valence-corrected chi connectivity index (χ1v) is 10.7. The van der Waals surface area contributed by atoms with Gasteiger partial charge in [0.2, 0.25) is 5.91 Å². The van der Waals surface area contributed by atoms with Crippen LogP contribution < -0.4 is 10.1 Å². The largest absolute Gasteiger partial charge is 0.453 e. The van der Waals surface area contributed by atoms with Crippen molar-refractivity contribution in [2.75, 3.05) is 19.8 Å². The molecule has 0 spiro atoms. The van der Waals surface area contributed by atoms with Crippen LogP contribution in [0.4, 0.5) is 8.78 Å². The molecule has 170 valence electrons. The summed E-state index contributed by atoms with van der Waals surface area (Å²) in [6.07, 6.45) is 7.47. The molecule has 1 aromatic heterocycles. The molecule has 1 fully saturated rings. The molecular formula is C26H24F2N2O3. The number of benzene rings is 2.